The standard InChI is InChI=1S/C17H16FNO.ClH/c1-2-11-20-17-9-5-15(6-10-17)13-19-12-14-3-7-16(18)8-4-14;/h1,3-10,19H,11-13H2;1H. The Kier molecular flexibility index (Phi) is 7.31. The molecule has 0 saturated heterocycles. The van der Waals surface area contributed by atoms with E-state index in [0.29, 0.717) is 6.54 Å². The molecular formula is C17H17ClFNO. The van der Waals surface area contributed by atoms with E-state index in [1.54, 1.807) is 12.1 Å². The van der Waals surface area contributed by atoms with Gasteiger partial charge in [0.1, 0.15) is 18.2 Å². The van der Waals surface area contributed by atoms with Gasteiger partial charge in [0.25, 0.3) is 0 Å². The largest absolute Gasteiger partial charge is 0.481 e. The summed E-state index contributed by atoms with van der Waals surface area (Å²) >= 11 is 0. The van der Waals surface area contributed by atoms with Crippen molar-refractivity contribution in [2.24, 2.45) is 0 Å². The minimum atomic E-state index is -0.212. The molecule has 0 fully saturated rings. The van der Waals surface area contributed by atoms with Crippen LogP contribution >= 0.6 is 12.4 Å². The molecule has 21 heavy (non-hydrogen) atoms. The highest BCUT2D eigenvalue weighted by Crippen LogP contribution is 2.12. The van der Waals surface area contributed by atoms with Crippen LogP contribution in [0.3, 0.4) is 0 Å². The third-order valence-corrected chi connectivity index (χ3v) is 2.82. The molecule has 0 unspecified atom stereocenters. The summed E-state index contributed by atoms with van der Waals surface area (Å²) < 4.78 is 18.1. The van der Waals surface area contributed by atoms with E-state index in [1.807, 2.05) is 24.3 Å². The second-order valence-electron chi connectivity index (χ2n) is 4.37. The van der Waals surface area contributed by atoms with Crippen molar-refractivity contribution in [2.45, 2.75) is 13.1 Å². The maximum atomic E-state index is 12.8. The van der Waals surface area contributed by atoms with Crippen molar-refractivity contribution in [3.05, 3.63) is 65.5 Å². The van der Waals surface area contributed by atoms with Crippen LogP contribution in [0.15, 0.2) is 48.5 Å². The summed E-state index contributed by atoms with van der Waals surface area (Å²) in [5, 5.41) is 3.30. The maximum absolute atomic E-state index is 12.8. The highest BCUT2D eigenvalue weighted by atomic mass is 35.5. The van der Waals surface area contributed by atoms with Gasteiger partial charge in [-0.25, -0.2) is 4.39 Å². The molecule has 0 amide bonds. The van der Waals surface area contributed by atoms with Gasteiger partial charge in [0.15, 0.2) is 0 Å². The summed E-state index contributed by atoms with van der Waals surface area (Å²) in [6.07, 6.45) is 5.13. The van der Waals surface area contributed by atoms with Crippen LogP contribution in [-0.4, -0.2) is 6.61 Å². The van der Waals surface area contributed by atoms with Crippen molar-refractivity contribution in [3.8, 4) is 18.1 Å². The lowest BCUT2D eigenvalue weighted by molar-refractivity contribution is 0.370. The van der Waals surface area contributed by atoms with Gasteiger partial charge < -0.3 is 10.1 Å². The summed E-state index contributed by atoms with van der Waals surface area (Å²) in [7, 11) is 0. The van der Waals surface area contributed by atoms with Gasteiger partial charge in [0.05, 0.1) is 0 Å². The van der Waals surface area contributed by atoms with Gasteiger partial charge in [0, 0.05) is 13.1 Å². The highest BCUT2D eigenvalue weighted by molar-refractivity contribution is 5.85. The number of rotatable bonds is 6. The molecule has 0 spiro atoms. The van der Waals surface area contributed by atoms with Gasteiger partial charge in [0.2, 0.25) is 0 Å². The molecule has 0 aromatic heterocycles. The van der Waals surface area contributed by atoms with Crippen molar-refractivity contribution in [2.75, 3.05) is 6.61 Å². The van der Waals surface area contributed by atoms with Gasteiger partial charge in [-0.3, -0.25) is 0 Å². The van der Waals surface area contributed by atoms with Gasteiger partial charge in [-0.1, -0.05) is 30.2 Å². The van der Waals surface area contributed by atoms with E-state index in [4.69, 9.17) is 11.2 Å². The fourth-order valence-electron chi connectivity index (χ4n) is 1.78. The van der Waals surface area contributed by atoms with E-state index < -0.39 is 0 Å². The summed E-state index contributed by atoms with van der Waals surface area (Å²) in [6, 6.07) is 14.3. The number of benzene rings is 2. The van der Waals surface area contributed by atoms with Gasteiger partial charge in [-0.2, -0.15) is 0 Å². The molecular weight excluding hydrogens is 289 g/mol. The Labute approximate surface area is 130 Å². The van der Waals surface area contributed by atoms with Gasteiger partial charge in [-0.15, -0.1) is 18.8 Å². The number of hydrogen-bond donors (Lipinski definition) is 1. The van der Waals surface area contributed by atoms with Crippen molar-refractivity contribution >= 4 is 12.4 Å². The first-order chi connectivity index (χ1) is 9.78. The molecule has 2 nitrogen and oxygen atoms in total. The summed E-state index contributed by atoms with van der Waals surface area (Å²) in [4.78, 5) is 0. The summed E-state index contributed by atoms with van der Waals surface area (Å²) in [5.41, 5.74) is 2.21. The monoisotopic (exact) mass is 305 g/mol. The number of halogens is 2. The van der Waals surface area contributed by atoms with E-state index in [0.717, 1.165) is 23.4 Å². The normalized spacial score (nSPS) is 9.52. The number of nitrogens with one attached hydrogen (secondary N) is 1. The topological polar surface area (TPSA) is 21.3 Å². The lowest BCUT2D eigenvalue weighted by Crippen LogP contribution is -2.12. The number of hydrogen-bond acceptors (Lipinski definition) is 2. The fourth-order valence-corrected chi connectivity index (χ4v) is 1.78. The Hall–Kier alpha value is -2.02. The molecule has 2 rings (SSSR count). The Morgan fingerprint density at radius 1 is 0.952 bits per heavy atom. The minimum absolute atomic E-state index is 0. The molecule has 0 heterocycles. The van der Waals surface area contributed by atoms with Gasteiger partial charge in [-0.05, 0) is 35.4 Å². The van der Waals surface area contributed by atoms with Crippen LogP contribution in [0.1, 0.15) is 11.1 Å². The zero-order chi connectivity index (χ0) is 14.2. The highest BCUT2D eigenvalue weighted by Gasteiger charge is 1.97. The molecule has 0 saturated carbocycles. The minimum Gasteiger partial charge on any atom is -0.481 e. The maximum Gasteiger partial charge on any atom is 0.148 e. The average molecular weight is 306 g/mol. The Balaban J connectivity index is 0.00000220. The van der Waals surface area contributed by atoms with Crippen LogP contribution in [-0.2, 0) is 13.1 Å². The lowest BCUT2D eigenvalue weighted by Gasteiger charge is -2.07. The number of ether oxygens (including phenoxy) is 1. The summed E-state index contributed by atoms with van der Waals surface area (Å²) in [5.74, 6) is 2.98. The second-order valence-corrected chi connectivity index (χ2v) is 4.37. The third kappa shape index (κ3) is 5.86. The first kappa shape index (κ1) is 17.0. The van der Waals surface area contributed by atoms with Crippen LogP contribution in [0.25, 0.3) is 0 Å². The van der Waals surface area contributed by atoms with Gasteiger partial charge >= 0.3 is 0 Å². The number of terminal acetylenes is 1. The Morgan fingerprint density at radius 3 is 2.00 bits per heavy atom. The van der Waals surface area contributed by atoms with Crippen LogP contribution < -0.4 is 10.1 Å². The smallest absolute Gasteiger partial charge is 0.148 e. The van der Waals surface area contributed by atoms with E-state index in [9.17, 15) is 4.39 Å². The predicted molar refractivity (Wildman–Crippen MR) is 85.0 cm³/mol. The second kappa shape index (κ2) is 9.02. The molecule has 1 N–H and O–H groups in total. The van der Waals surface area contributed by atoms with Crippen LogP contribution in [0.5, 0.6) is 5.75 Å². The van der Waals surface area contributed by atoms with Crippen molar-refractivity contribution in [1.29, 1.82) is 0 Å². The first-order valence-electron chi connectivity index (χ1n) is 6.38. The zero-order valence-electron chi connectivity index (χ0n) is 11.5. The average Bonchev–Trinajstić information content (AvgIpc) is 2.48. The molecule has 0 aliphatic carbocycles. The lowest BCUT2D eigenvalue weighted by atomic mass is 10.2. The zero-order valence-corrected chi connectivity index (χ0v) is 12.3. The van der Waals surface area contributed by atoms with Crippen molar-refractivity contribution < 1.29 is 9.13 Å². The van der Waals surface area contributed by atoms with E-state index in [1.165, 1.54) is 12.1 Å². The molecule has 0 radical (unpaired) electrons. The molecule has 110 valence electrons. The molecule has 0 atom stereocenters. The molecule has 4 heteroatoms. The SMILES string of the molecule is C#CCOc1ccc(CNCc2ccc(F)cc2)cc1.Cl. The third-order valence-electron chi connectivity index (χ3n) is 2.82. The Bertz CT molecular complexity index is 575. The first-order valence-corrected chi connectivity index (χ1v) is 6.38. The molecule has 0 aliphatic rings. The Morgan fingerprint density at radius 2 is 1.48 bits per heavy atom. The van der Waals surface area contributed by atoms with Crippen LogP contribution in [0.4, 0.5) is 4.39 Å². The molecule has 0 aliphatic heterocycles. The van der Waals surface area contributed by atoms with Crippen molar-refractivity contribution in [3.63, 3.8) is 0 Å². The molecule has 2 aromatic carbocycles. The predicted octanol–water partition coefficient (Wildman–Crippen LogP) is 3.55. The summed E-state index contributed by atoms with van der Waals surface area (Å²) in [6.45, 7) is 1.73. The van der Waals surface area contributed by atoms with E-state index in [2.05, 4.69) is 11.2 Å². The molecule has 2 aromatic rings. The van der Waals surface area contributed by atoms with E-state index >= 15 is 0 Å². The van der Waals surface area contributed by atoms with Crippen LogP contribution in [0, 0.1) is 18.2 Å². The fraction of sp³-hybridized carbons (Fsp3) is 0.176. The quantitative estimate of drug-likeness (QED) is 0.824. The van der Waals surface area contributed by atoms with Crippen molar-refractivity contribution in [1.82, 2.24) is 5.32 Å². The van der Waals surface area contributed by atoms with E-state index in [-0.39, 0.29) is 24.8 Å². The molecule has 0 bridgehead atoms. The van der Waals surface area contributed by atoms with Crippen LogP contribution in [0.2, 0.25) is 0 Å².